The van der Waals surface area contributed by atoms with Crippen LogP contribution in [0.3, 0.4) is 0 Å². The van der Waals surface area contributed by atoms with E-state index in [1.165, 1.54) is 18.6 Å². The molecule has 5 aromatic rings. The van der Waals surface area contributed by atoms with E-state index in [9.17, 15) is 9.59 Å². The third-order valence-electron chi connectivity index (χ3n) is 5.66. The van der Waals surface area contributed by atoms with E-state index in [-0.39, 0.29) is 17.9 Å². The summed E-state index contributed by atoms with van der Waals surface area (Å²) in [6.07, 6.45) is 5.39. The summed E-state index contributed by atoms with van der Waals surface area (Å²) in [5, 5.41) is 10.6. The number of fused-ring (bicyclic) bond motifs is 1. The average molecular weight is 500 g/mol. The number of hydrogen-bond acceptors (Lipinski definition) is 8. The number of nitrogens with one attached hydrogen (secondary N) is 1. The normalized spacial score (nSPS) is 11.6. The second-order valence-electron chi connectivity index (χ2n) is 9.42. The standard InChI is InChI=1S/C26H22FN7O3/c1-26(2,3)25-32-23(33-37-25)24(36)29-11-17-6-5-16(8-19(17)27)22-21-9-18(12-34(21)31-14-30-22)20-7-4-15(13-35)10-28-20/h4-10,12-14H,11H2,1-3H3,(H,29,36). The van der Waals surface area contributed by atoms with Crippen LogP contribution in [0.1, 0.15) is 53.2 Å². The van der Waals surface area contributed by atoms with Gasteiger partial charge in [-0.15, -0.1) is 0 Å². The molecule has 0 bridgehead atoms. The van der Waals surface area contributed by atoms with Crippen molar-refractivity contribution in [1.29, 1.82) is 0 Å². The van der Waals surface area contributed by atoms with Crippen molar-refractivity contribution in [2.45, 2.75) is 32.7 Å². The second kappa shape index (κ2) is 9.34. The Labute approximate surface area is 210 Å². The van der Waals surface area contributed by atoms with Crippen molar-refractivity contribution in [3.63, 3.8) is 0 Å². The van der Waals surface area contributed by atoms with Gasteiger partial charge in [0, 0.05) is 46.6 Å². The maximum atomic E-state index is 15.0. The molecule has 0 fully saturated rings. The first-order valence-corrected chi connectivity index (χ1v) is 11.4. The molecule has 11 heteroatoms. The summed E-state index contributed by atoms with van der Waals surface area (Å²) in [5.41, 5.74) is 3.54. The van der Waals surface area contributed by atoms with E-state index in [1.54, 1.807) is 35.0 Å². The molecular formula is C26H22FN7O3. The molecule has 0 saturated carbocycles. The highest BCUT2D eigenvalue weighted by molar-refractivity contribution is 5.90. The van der Waals surface area contributed by atoms with Crippen molar-refractivity contribution in [1.82, 2.24) is 35.0 Å². The number of pyridine rings is 1. The number of halogens is 1. The summed E-state index contributed by atoms with van der Waals surface area (Å²) in [6.45, 7) is 5.62. The number of aromatic nitrogens is 6. The summed E-state index contributed by atoms with van der Waals surface area (Å²) in [7, 11) is 0. The first-order chi connectivity index (χ1) is 17.7. The van der Waals surface area contributed by atoms with E-state index in [2.05, 4.69) is 30.5 Å². The highest BCUT2D eigenvalue weighted by Gasteiger charge is 2.24. The molecule has 0 unspecified atom stereocenters. The van der Waals surface area contributed by atoms with Crippen molar-refractivity contribution >= 4 is 17.7 Å². The van der Waals surface area contributed by atoms with Crippen LogP contribution in [-0.4, -0.2) is 41.9 Å². The number of nitrogens with zero attached hydrogens (tertiary/aromatic N) is 6. The largest absolute Gasteiger partial charge is 0.345 e. The van der Waals surface area contributed by atoms with E-state index in [4.69, 9.17) is 4.52 Å². The molecule has 0 aliphatic rings. The SMILES string of the molecule is CC(C)(C)c1nc(C(=O)NCc2ccc(-c3ncnn4cc(-c5ccc(C=O)cn5)cc34)cc2F)no1. The van der Waals surface area contributed by atoms with Gasteiger partial charge in [0.05, 0.1) is 16.9 Å². The van der Waals surface area contributed by atoms with Gasteiger partial charge in [-0.05, 0) is 24.3 Å². The van der Waals surface area contributed by atoms with Crippen LogP contribution < -0.4 is 5.32 Å². The molecule has 5 rings (SSSR count). The minimum absolute atomic E-state index is 0.0543. The fourth-order valence-electron chi connectivity index (χ4n) is 3.65. The van der Waals surface area contributed by atoms with Gasteiger partial charge < -0.3 is 9.84 Å². The quantitative estimate of drug-likeness (QED) is 0.347. The third-order valence-corrected chi connectivity index (χ3v) is 5.66. The van der Waals surface area contributed by atoms with Crippen molar-refractivity contribution in [2.24, 2.45) is 0 Å². The van der Waals surface area contributed by atoms with Crippen molar-refractivity contribution in [3.05, 3.63) is 83.8 Å². The molecule has 186 valence electrons. The predicted octanol–water partition coefficient (Wildman–Crippen LogP) is 4.02. The lowest BCUT2D eigenvalue weighted by atomic mass is 9.97. The van der Waals surface area contributed by atoms with Crippen LogP contribution in [0, 0.1) is 5.82 Å². The molecule has 0 aliphatic carbocycles. The molecule has 10 nitrogen and oxygen atoms in total. The zero-order valence-electron chi connectivity index (χ0n) is 20.3. The molecule has 0 spiro atoms. The fourth-order valence-corrected chi connectivity index (χ4v) is 3.65. The van der Waals surface area contributed by atoms with Crippen molar-refractivity contribution in [3.8, 4) is 22.5 Å². The Balaban J connectivity index is 1.36. The van der Waals surface area contributed by atoms with Gasteiger partial charge in [-0.1, -0.05) is 38.1 Å². The predicted molar refractivity (Wildman–Crippen MR) is 131 cm³/mol. The van der Waals surface area contributed by atoms with E-state index >= 15 is 4.39 Å². The van der Waals surface area contributed by atoms with E-state index in [0.29, 0.717) is 33.9 Å². The Morgan fingerprint density at radius 3 is 2.65 bits per heavy atom. The first-order valence-electron chi connectivity index (χ1n) is 11.4. The molecule has 0 atom stereocenters. The number of rotatable bonds is 6. The van der Waals surface area contributed by atoms with Crippen LogP contribution in [0.15, 0.2) is 59.6 Å². The van der Waals surface area contributed by atoms with Gasteiger partial charge in [0.2, 0.25) is 5.89 Å². The molecule has 4 aromatic heterocycles. The molecule has 1 amide bonds. The Hall–Kier alpha value is -4.80. The summed E-state index contributed by atoms with van der Waals surface area (Å²) in [4.78, 5) is 36.1. The fraction of sp³-hybridized carbons (Fsp3) is 0.192. The van der Waals surface area contributed by atoms with E-state index in [1.807, 2.05) is 26.8 Å². The van der Waals surface area contributed by atoms with Crippen molar-refractivity contribution < 1.29 is 18.5 Å². The Morgan fingerprint density at radius 2 is 1.97 bits per heavy atom. The Morgan fingerprint density at radius 1 is 1.14 bits per heavy atom. The van der Waals surface area contributed by atoms with Crippen LogP contribution in [0.25, 0.3) is 28.0 Å². The molecule has 0 radical (unpaired) electrons. The number of benzene rings is 1. The van der Waals surface area contributed by atoms with Crippen LogP contribution >= 0.6 is 0 Å². The summed E-state index contributed by atoms with van der Waals surface area (Å²) in [5.74, 6) is -0.831. The van der Waals surface area contributed by atoms with E-state index < -0.39 is 17.1 Å². The zero-order valence-corrected chi connectivity index (χ0v) is 20.3. The van der Waals surface area contributed by atoms with Gasteiger partial charge in [-0.3, -0.25) is 14.6 Å². The minimum atomic E-state index is -0.560. The van der Waals surface area contributed by atoms with Gasteiger partial charge in [0.1, 0.15) is 12.1 Å². The van der Waals surface area contributed by atoms with Gasteiger partial charge >= 0.3 is 0 Å². The Kier molecular flexibility index (Phi) is 6.04. The molecular weight excluding hydrogens is 477 g/mol. The van der Waals surface area contributed by atoms with Crippen LogP contribution in [0.2, 0.25) is 0 Å². The van der Waals surface area contributed by atoms with Crippen LogP contribution in [-0.2, 0) is 12.0 Å². The molecule has 37 heavy (non-hydrogen) atoms. The highest BCUT2D eigenvalue weighted by Crippen LogP contribution is 2.28. The Bertz CT molecular complexity index is 1620. The maximum absolute atomic E-state index is 15.0. The lowest BCUT2D eigenvalue weighted by Gasteiger charge is -2.10. The minimum Gasteiger partial charge on any atom is -0.345 e. The summed E-state index contributed by atoms with van der Waals surface area (Å²) >= 11 is 0. The van der Waals surface area contributed by atoms with Crippen LogP contribution in [0.5, 0.6) is 0 Å². The third kappa shape index (κ3) is 4.83. The monoisotopic (exact) mass is 499 g/mol. The number of hydrogen-bond donors (Lipinski definition) is 1. The molecule has 1 aromatic carbocycles. The lowest BCUT2D eigenvalue weighted by Crippen LogP contribution is -2.24. The van der Waals surface area contributed by atoms with Gasteiger partial charge in [0.25, 0.3) is 11.7 Å². The zero-order chi connectivity index (χ0) is 26.2. The van der Waals surface area contributed by atoms with E-state index in [0.717, 1.165) is 11.8 Å². The molecule has 0 saturated heterocycles. The second-order valence-corrected chi connectivity index (χ2v) is 9.42. The molecule has 1 N–H and O–H groups in total. The molecule has 0 aliphatic heterocycles. The van der Waals surface area contributed by atoms with Crippen molar-refractivity contribution in [2.75, 3.05) is 0 Å². The number of aldehydes is 1. The van der Waals surface area contributed by atoms with Gasteiger partial charge in [0.15, 0.2) is 6.29 Å². The highest BCUT2D eigenvalue weighted by atomic mass is 19.1. The van der Waals surface area contributed by atoms with Gasteiger partial charge in [-0.25, -0.2) is 13.9 Å². The smallest absolute Gasteiger partial charge is 0.292 e. The topological polar surface area (TPSA) is 128 Å². The average Bonchev–Trinajstić information content (AvgIpc) is 3.56. The number of amides is 1. The van der Waals surface area contributed by atoms with Crippen LogP contribution in [0.4, 0.5) is 4.39 Å². The number of carbonyl (C=O) groups excluding carboxylic acids is 2. The summed E-state index contributed by atoms with van der Waals surface area (Å²) < 4.78 is 21.8. The molecule has 4 heterocycles. The van der Waals surface area contributed by atoms with Gasteiger partial charge in [-0.2, -0.15) is 10.1 Å². The first kappa shape index (κ1) is 23.9. The number of carbonyl (C=O) groups is 2. The summed E-state index contributed by atoms with van der Waals surface area (Å²) in [6, 6.07) is 9.94. The maximum Gasteiger partial charge on any atom is 0.292 e. The lowest BCUT2D eigenvalue weighted by molar-refractivity contribution is 0.0937.